The molecule has 0 aromatic heterocycles. The van der Waals surface area contributed by atoms with Crippen LogP contribution in [0.15, 0.2) is 0 Å². The summed E-state index contributed by atoms with van der Waals surface area (Å²) in [6, 6.07) is -0.769. The summed E-state index contributed by atoms with van der Waals surface area (Å²) in [5.74, 6) is 0. The number of hydrazine groups is 2. The van der Waals surface area contributed by atoms with Gasteiger partial charge in [-0.15, -0.1) is 0 Å². The van der Waals surface area contributed by atoms with Gasteiger partial charge in [0.25, 0.3) is 0 Å². The van der Waals surface area contributed by atoms with E-state index in [0.717, 1.165) is 104 Å². The Balaban J connectivity index is 3.69. The Morgan fingerprint density at radius 2 is 0.917 bits per heavy atom. The van der Waals surface area contributed by atoms with Gasteiger partial charge in [-0.2, -0.15) is 0 Å². The lowest BCUT2D eigenvalue weighted by molar-refractivity contribution is 0.107. The molecule has 0 saturated heterocycles. The van der Waals surface area contributed by atoms with Crippen molar-refractivity contribution in [2.45, 2.75) is 88.5 Å². The smallest absolute Gasteiger partial charge is 0.329 e. The van der Waals surface area contributed by atoms with Crippen LogP contribution >= 0.6 is 0 Å². The number of hydrogen-bond acceptors (Lipinski definition) is 14. The number of amides is 4. The van der Waals surface area contributed by atoms with Crippen molar-refractivity contribution in [2.75, 3.05) is 91.6 Å². The number of aliphatic hydroxyl groups is 2. The highest BCUT2D eigenvalue weighted by Crippen LogP contribution is 2.12. The molecule has 20 N–H and O–H groups in total. The van der Waals surface area contributed by atoms with E-state index in [2.05, 4.69) is 53.6 Å². The van der Waals surface area contributed by atoms with Gasteiger partial charge >= 0.3 is 12.1 Å². The SMILES string of the molecule is NCCCNCCCCNCCCNC(=O)NNCC(O)CCC(N)(N)CC(O)CNNC(=O)NCCCNCCCCNCCCN. The molecule has 0 aromatic rings. The van der Waals surface area contributed by atoms with Crippen molar-refractivity contribution >= 4 is 12.1 Å². The molecule has 18 nitrogen and oxygen atoms in total. The van der Waals surface area contributed by atoms with Crippen LogP contribution in [0.5, 0.6) is 0 Å². The fourth-order valence-electron chi connectivity index (χ4n) is 4.52. The monoisotopic (exact) mass is 693 g/mol. The van der Waals surface area contributed by atoms with Gasteiger partial charge in [-0.25, -0.2) is 20.4 Å². The first-order chi connectivity index (χ1) is 23.2. The van der Waals surface area contributed by atoms with Gasteiger partial charge in [0.15, 0.2) is 0 Å². The summed E-state index contributed by atoms with van der Waals surface area (Å²) in [4.78, 5) is 23.8. The molecule has 0 heterocycles. The topological polar surface area (TPSA) is 299 Å². The Morgan fingerprint density at radius 1 is 0.542 bits per heavy atom. The van der Waals surface area contributed by atoms with E-state index in [4.69, 9.17) is 22.9 Å². The van der Waals surface area contributed by atoms with Crippen LogP contribution < -0.4 is 76.5 Å². The number of hydrogen-bond donors (Lipinski definition) is 16. The van der Waals surface area contributed by atoms with Crippen LogP contribution in [0.3, 0.4) is 0 Å². The number of urea groups is 2. The Labute approximate surface area is 288 Å². The van der Waals surface area contributed by atoms with Gasteiger partial charge in [0.1, 0.15) is 0 Å². The Bertz CT molecular complexity index is 742. The average molecular weight is 693 g/mol. The highest BCUT2D eigenvalue weighted by atomic mass is 16.3. The molecule has 0 aliphatic carbocycles. The number of rotatable bonds is 35. The first kappa shape index (κ1) is 46.1. The third-order valence-electron chi connectivity index (χ3n) is 7.30. The van der Waals surface area contributed by atoms with E-state index in [0.29, 0.717) is 26.2 Å². The van der Waals surface area contributed by atoms with E-state index >= 15 is 0 Å². The minimum absolute atomic E-state index is 0.0547. The zero-order valence-corrected chi connectivity index (χ0v) is 29.4. The van der Waals surface area contributed by atoms with Crippen LogP contribution in [0.25, 0.3) is 0 Å². The molecule has 0 fully saturated rings. The molecule has 0 rings (SSSR count). The molecule has 0 radical (unpaired) electrons. The predicted molar refractivity (Wildman–Crippen MR) is 193 cm³/mol. The van der Waals surface area contributed by atoms with E-state index in [1.807, 2.05) is 0 Å². The maximum atomic E-state index is 11.9. The quantitative estimate of drug-likeness (QED) is 0.0174. The van der Waals surface area contributed by atoms with Crippen molar-refractivity contribution in [3.8, 4) is 0 Å². The second kappa shape index (κ2) is 33.6. The third-order valence-corrected chi connectivity index (χ3v) is 7.30. The van der Waals surface area contributed by atoms with Crippen LogP contribution in [-0.2, 0) is 0 Å². The zero-order chi connectivity index (χ0) is 35.6. The first-order valence-electron chi connectivity index (χ1n) is 17.9. The van der Waals surface area contributed by atoms with Crippen LogP contribution in [0, 0.1) is 0 Å². The summed E-state index contributed by atoms with van der Waals surface area (Å²) < 4.78 is 0. The van der Waals surface area contributed by atoms with Crippen molar-refractivity contribution < 1.29 is 19.8 Å². The summed E-state index contributed by atoms with van der Waals surface area (Å²) in [7, 11) is 0. The number of unbranched alkanes of at least 4 members (excludes halogenated alkanes) is 2. The van der Waals surface area contributed by atoms with Crippen LogP contribution in [0.4, 0.5) is 9.59 Å². The molecule has 0 bridgehead atoms. The Kier molecular flexibility index (Phi) is 32.2. The van der Waals surface area contributed by atoms with E-state index in [9.17, 15) is 19.8 Å². The molecule has 2 unspecified atom stereocenters. The van der Waals surface area contributed by atoms with Gasteiger partial charge in [-0.05, 0) is 130 Å². The average Bonchev–Trinajstić information content (AvgIpc) is 3.04. The molecule has 0 aromatic carbocycles. The maximum absolute atomic E-state index is 11.9. The van der Waals surface area contributed by atoms with Crippen LogP contribution in [0.2, 0.25) is 0 Å². The van der Waals surface area contributed by atoms with E-state index in [1.54, 1.807) is 0 Å². The van der Waals surface area contributed by atoms with Crippen molar-refractivity contribution in [3.63, 3.8) is 0 Å². The van der Waals surface area contributed by atoms with Crippen molar-refractivity contribution in [3.05, 3.63) is 0 Å². The molecule has 0 aliphatic heterocycles. The highest BCUT2D eigenvalue weighted by molar-refractivity contribution is 5.73. The molecule has 0 saturated carbocycles. The van der Waals surface area contributed by atoms with E-state index in [1.165, 1.54) is 0 Å². The fraction of sp³-hybridized carbons (Fsp3) is 0.933. The minimum Gasteiger partial charge on any atom is -0.392 e. The molecule has 0 aliphatic rings. The number of carbonyl (C=O) groups excluding carboxylic acids is 2. The minimum atomic E-state index is -1.22. The van der Waals surface area contributed by atoms with Gasteiger partial charge < -0.3 is 65.0 Å². The lowest BCUT2D eigenvalue weighted by Crippen LogP contribution is -2.54. The molecule has 4 amide bonds. The summed E-state index contributed by atoms with van der Waals surface area (Å²) in [5, 5.41) is 39.4. The normalized spacial score (nSPS) is 12.9. The fourth-order valence-corrected chi connectivity index (χ4v) is 4.52. The van der Waals surface area contributed by atoms with Crippen molar-refractivity contribution in [2.24, 2.45) is 22.9 Å². The summed E-state index contributed by atoms with van der Waals surface area (Å²) in [6.45, 7) is 10.1. The molecule has 18 heteroatoms. The van der Waals surface area contributed by atoms with Gasteiger partial charge in [0.05, 0.1) is 17.9 Å². The zero-order valence-electron chi connectivity index (χ0n) is 29.4. The number of nitrogens with one attached hydrogen (secondary N) is 10. The molecule has 2 atom stereocenters. The van der Waals surface area contributed by atoms with Gasteiger partial charge in [-0.1, -0.05) is 0 Å². The van der Waals surface area contributed by atoms with Crippen molar-refractivity contribution in [1.82, 2.24) is 53.6 Å². The largest absolute Gasteiger partial charge is 0.392 e. The summed E-state index contributed by atoms with van der Waals surface area (Å²) >= 11 is 0. The number of carbonyl (C=O) groups is 2. The second-order valence-corrected chi connectivity index (χ2v) is 12.2. The molecule has 48 heavy (non-hydrogen) atoms. The van der Waals surface area contributed by atoms with Gasteiger partial charge in [0, 0.05) is 32.6 Å². The summed E-state index contributed by atoms with van der Waals surface area (Å²) in [6.07, 6.45) is 6.86. The van der Waals surface area contributed by atoms with Crippen LogP contribution in [0.1, 0.15) is 70.6 Å². The molecular formula is C30H72N14O4. The number of nitrogens with two attached hydrogens (primary N) is 4. The van der Waals surface area contributed by atoms with Gasteiger partial charge in [0.2, 0.25) is 0 Å². The Morgan fingerprint density at radius 3 is 1.33 bits per heavy atom. The van der Waals surface area contributed by atoms with E-state index < -0.39 is 23.9 Å². The van der Waals surface area contributed by atoms with Crippen LogP contribution in [-0.4, -0.2) is 132 Å². The Hall–Kier alpha value is -1.94. The summed E-state index contributed by atoms with van der Waals surface area (Å²) in [5.41, 5.74) is 32.3. The molecule has 286 valence electrons. The predicted octanol–water partition coefficient (Wildman–Crippen LogP) is -3.50. The number of aliphatic hydroxyl groups excluding tert-OH is 2. The van der Waals surface area contributed by atoms with E-state index in [-0.39, 0.29) is 38.4 Å². The third kappa shape index (κ3) is 33.9. The lowest BCUT2D eigenvalue weighted by atomic mass is 9.96. The first-order valence-corrected chi connectivity index (χ1v) is 17.9. The second-order valence-electron chi connectivity index (χ2n) is 12.2. The maximum Gasteiger partial charge on any atom is 0.329 e. The lowest BCUT2D eigenvalue weighted by Gasteiger charge is -2.28. The highest BCUT2D eigenvalue weighted by Gasteiger charge is 2.24. The van der Waals surface area contributed by atoms with Crippen molar-refractivity contribution in [1.29, 1.82) is 0 Å². The standard InChI is InChI=1S/C30H72N14O4/c31-11-5-17-35-13-1-3-15-37-19-7-21-39-28(47)43-41-24-26(45)9-10-30(33,34)23-27(46)25-42-44-29(48)40-22-8-20-38-16-4-2-14-36-18-6-12-32/h26-27,35-38,41-42,45-46H,1-25,31-34H2,(H2,39,43,47)(H2,40,44,48). The molecule has 0 spiro atoms. The van der Waals surface area contributed by atoms with Gasteiger partial charge in [-0.3, -0.25) is 10.9 Å². The molecular weight excluding hydrogens is 620 g/mol.